The Labute approximate surface area is 169 Å². The van der Waals surface area contributed by atoms with Crippen molar-refractivity contribution in [3.8, 4) is 11.5 Å². The molecule has 0 spiro atoms. The number of aryl methyl sites for hydroxylation is 2. The largest absolute Gasteiger partial charge is 0.508 e. The van der Waals surface area contributed by atoms with Crippen LogP contribution in [-0.4, -0.2) is 19.6 Å². The van der Waals surface area contributed by atoms with Crippen LogP contribution >= 0.6 is 0 Å². The first-order chi connectivity index (χ1) is 13.7. The van der Waals surface area contributed by atoms with E-state index in [2.05, 4.69) is 10.6 Å². The van der Waals surface area contributed by atoms with Gasteiger partial charge in [-0.05, 0) is 73.5 Å². The summed E-state index contributed by atoms with van der Waals surface area (Å²) in [6, 6.07) is 16.5. The van der Waals surface area contributed by atoms with E-state index in [1.807, 2.05) is 19.9 Å². The average Bonchev–Trinajstić information content (AvgIpc) is 2.62. The SMILES string of the molecule is Cc1cc(C)cc(S(=O)(=O)Oc2ccc(NC(=O)Nc3cccc(O)c3)cc2)c1. The summed E-state index contributed by atoms with van der Waals surface area (Å²) >= 11 is 0. The third kappa shape index (κ3) is 5.49. The van der Waals surface area contributed by atoms with Gasteiger partial charge in [-0.1, -0.05) is 12.1 Å². The molecule has 0 unspecified atom stereocenters. The van der Waals surface area contributed by atoms with Crippen molar-refractivity contribution in [3.05, 3.63) is 77.9 Å². The lowest BCUT2D eigenvalue weighted by atomic mass is 10.2. The number of phenols is 1. The minimum atomic E-state index is -3.96. The van der Waals surface area contributed by atoms with Crippen LogP contribution in [0, 0.1) is 13.8 Å². The summed E-state index contributed by atoms with van der Waals surface area (Å²) < 4.78 is 30.1. The van der Waals surface area contributed by atoms with E-state index in [1.165, 1.54) is 36.4 Å². The third-order valence-electron chi connectivity index (χ3n) is 3.91. The fourth-order valence-corrected chi connectivity index (χ4v) is 3.84. The molecule has 0 aliphatic carbocycles. The Morgan fingerprint density at radius 3 is 2.10 bits per heavy atom. The molecule has 0 aliphatic heterocycles. The van der Waals surface area contributed by atoms with Gasteiger partial charge in [0.1, 0.15) is 16.4 Å². The van der Waals surface area contributed by atoms with Gasteiger partial charge in [-0.25, -0.2) is 4.79 Å². The molecular formula is C21H20N2O5S. The van der Waals surface area contributed by atoms with Crippen LogP contribution in [0.5, 0.6) is 11.5 Å². The van der Waals surface area contributed by atoms with Gasteiger partial charge in [-0.2, -0.15) is 8.42 Å². The molecule has 3 aromatic carbocycles. The highest BCUT2D eigenvalue weighted by Crippen LogP contribution is 2.23. The van der Waals surface area contributed by atoms with Gasteiger partial charge < -0.3 is 19.9 Å². The van der Waals surface area contributed by atoms with E-state index in [9.17, 15) is 18.3 Å². The van der Waals surface area contributed by atoms with Crippen molar-refractivity contribution in [1.82, 2.24) is 0 Å². The fourth-order valence-electron chi connectivity index (χ4n) is 2.72. The number of amides is 2. The molecule has 3 N–H and O–H groups in total. The van der Waals surface area contributed by atoms with Crippen LogP contribution < -0.4 is 14.8 Å². The molecule has 0 radical (unpaired) electrons. The number of carbonyl (C=O) groups excluding carboxylic acids is 1. The van der Waals surface area contributed by atoms with E-state index in [1.54, 1.807) is 24.3 Å². The Hall–Kier alpha value is -3.52. The summed E-state index contributed by atoms with van der Waals surface area (Å²) in [6.07, 6.45) is 0. The molecule has 0 saturated heterocycles. The molecular weight excluding hydrogens is 392 g/mol. The topological polar surface area (TPSA) is 105 Å². The standard InChI is InChI=1S/C21H20N2O5S/c1-14-10-15(2)12-20(11-14)29(26,27)28-19-8-6-16(7-9-19)22-21(25)23-17-4-3-5-18(24)13-17/h3-13,24H,1-2H3,(H2,22,23,25). The summed E-state index contributed by atoms with van der Waals surface area (Å²) in [4.78, 5) is 12.1. The maximum Gasteiger partial charge on any atom is 0.339 e. The fraction of sp³-hybridized carbons (Fsp3) is 0.0952. The van der Waals surface area contributed by atoms with E-state index in [4.69, 9.17) is 4.18 Å². The molecule has 0 bridgehead atoms. The predicted molar refractivity (Wildman–Crippen MR) is 111 cm³/mol. The highest BCUT2D eigenvalue weighted by molar-refractivity contribution is 7.87. The monoisotopic (exact) mass is 412 g/mol. The normalized spacial score (nSPS) is 11.0. The lowest BCUT2D eigenvalue weighted by molar-refractivity contribution is 0.262. The summed E-state index contributed by atoms with van der Waals surface area (Å²) in [5, 5.41) is 14.6. The number of anilines is 2. The summed E-state index contributed by atoms with van der Waals surface area (Å²) in [5.41, 5.74) is 2.52. The van der Waals surface area contributed by atoms with Crippen molar-refractivity contribution >= 4 is 27.5 Å². The van der Waals surface area contributed by atoms with Gasteiger partial charge in [0.2, 0.25) is 0 Å². The van der Waals surface area contributed by atoms with E-state index in [0.29, 0.717) is 11.4 Å². The number of urea groups is 1. The van der Waals surface area contributed by atoms with Gasteiger partial charge in [-0.3, -0.25) is 0 Å². The van der Waals surface area contributed by atoms with Crippen molar-refractivity contribution in [2.24, 2.45) is 0 Å². The third-order valence-corrected chi connectivity index (χ3v) is 5.13. The molecule has 150 valence electrons. The smallest absolute Gasteiger partial charge is 0.339 e. The minimum Gasteiger partial charge on any atom is -0.508 e. The Morgan fingerprint density at radius 2 is 1.48 bits per heavy atom. The molecule has 3 aromatic rings. The van der Waals surface area contributed by atoms with Gasteiger partial charge in [0, 0.05) is 17.4 Å². The molecule has 0 atom stereocenters. The lowest BCUT2D eigenvalue weighted by Gasteiger charge is -2.10. The van der Waals surface area contributed by atoms with Crippen molar-refractivity contribution in [3.63, 3.8) is 0 Å². The van der Waals surface area contributed by atoms with Gasteiger partial charge in [0.05, 0.1) is 0 Å². The molecule has 0 fully saturated rings. The molecule has 0 saturated carbocycles. The number of nitrogens with one attached hydrogen (secondary N) is 2. The van der Waals surface area contributed by atoms with Gasteiger partial charge in [0.25, 0.3) is 0 Å². The predicted octanol–water partition coefficient (Wildman–Crippen LogP) is 4.42. The zero-order valence-corrected chi connectivity index (χ0v) is 16.7. The van der Waals surface area contributed by atoms with E-state index < -0.39 is 16.1 Å². The number of hydrogen-bond acceptors (Lipinski definition) is 5. The molecule has 7 nitrogen and oxygen atoms in total. The number of benzene rings is 3. The zero-order valence-electron chi connectivity index (χ0n) is 15.8. The van der Waals surface area contributed by atoms with Gasteiger partial charge in [-0.15, -0.1) is 0 Å². The number of aromatic hydroxyl groups is 1. The summed E-state index contributed by atoms with van der Waals surface area (Å²) in [6.45, 7) is 3.63. The molecule has 0 aromatic heterocycles. The second-order valence-corrected chi connectivity index (χ2v) is 8.06. The highest BCUT2D eigenvalue weighted by atomic mass is 32.2. The van der Waals surface area contributed by atoms with Crippen molar-refractivity contribution in [1.29, 1.82) is 0 Å². The quantitative estimate of drug-likeness (QED) is 0.538. The molecule has 2 amide bonds. The number of phenolic OH excluding ortho intramolecular Hbond substituents is 1. The Morgan fingerprint density at radius 1 is 0.862 bits per heavy atom. The molecule has 8 heteroatoms. The first kappa shape index (κ1) is 20.2. The molecule has 0 heterocycles. The van der Waals surface area contributed by atoms with Gasteiger partial charge in [0.15, 0.2) is 0 Å². The average molecular weight is 412 g/mol. The second-order valence-electron chi connectivity index (χ2n) is 6.51. The first-order valence-corrected chi connectivity index (χ1v) is 10.1. The van der Waals surface area contributed by atoms with Crippen LogP contribution in [0.15, 0.2) is 71.6 Å². The van der Waals surface area contributed by atoms with E-state index in [-0.39, 0.29) is 16.4 Å². The molecule has 0 aliphatic rings. The molecule has 29 heavy (non-hydrogen) atoms. The maximum atomic E-state index is 12.5. The maximum absolute atomic E-state index is 12.5. The van der Waals surface area contributed by atoms with Crippen LogP contribution in [0.3, 0.4) is 0 Å². The Kier molecular flexibility index (Phi) is 5.74. The van der Waals surface area contributed by atoms with Crippen LogP contribution in [0.4, 0.5) is 16.2 Å². The Balaban J connectivity index is 1.66. The van der Waals surface area contributed by atoms with Crippen LogP contribution in [0.2, 0.25) is 0 Å². The number of rotatable bonds is 5. The van der Waals surface area contributed by atoms with Crippen LogP contribution in [0.1, 0.15) is 11.1 Å². The van der Waals surface area contributed by atoms with E-state index >= 15 is 0 Å². The summed E-state index contributed by atoms with van der Waals surface area (Å²) in [5.74, 6) is 0.164. The lowest BCUT2D eigenvalue weighted by Crippen LogP contribution is -2.19. The second kappa shape index (κ2) is 8.24. The minimum absolute atomic E-state index is 0.0364. The van der Waals surface area contributed by atoms with Crippen molar-refractivity contribution < 1.29 is 22.5 Å². The zero-order chi connectivity index (χ0) is 21.0. The van der Waals surface area contributed by atoms with Crippen molar-refractivity contribution in [2.75, 3.05) is 10.6 Å². The first-order valence-electron chi connectivity index (χ1n) is 8.71. The van der Waals surface area contributed by atoms with Crippen LogP contribution in [-0.2, 0) is 10.1 Å². The van der Waals surface area contributed by atoms with E-state index in [0.717, 1.165) is 11.1 Å². The van der Waals surface area contributed by atoms with Crippen molar-refractivity contribution in [2.45, 2.75) is 18.7 Å². The molecule has 3 rings (SSSR count). The Bertz CT molecular complexity index is 1120. The van der Waals surface area contributed by atoms with Crippen LogP contribution in [0.25, 0.3) is 0 Å². The van der Waals surface area contributed by atoms with Gasteiger partial charge >= 0.3 is 16.1 Å². The summed E-state index contributed by atoms with van der Waals surface area (Å²) in [7, 11) is -3.96. The number of carbonyl (C=O) groups is 1. The highest BCUT2D eigenvalue weighted by Gasteiger charge is 2.17. The number of hydrogen-bond donors (Lipinski definition) is 3.